The summed E-state index contributed by atoms with van der Waals surface area (Å²) in [5.41, 5.74) is 1.72. The van der Waals surface area contributed by atoms with Gasteiger partial charge in [-0.3, -0.25) is 0 Å². The molecule has 2 heteroatoms. The molecule has 0 aliphatic carbocycles. The van der Waals surface area contributed by atoms with Crippen LogP contribution in [-0.4, -0.2) is 19.2 Å². The Bertz CT molecular complexity index is 367. The zero-order valence-electron chi connectivity index (χ0n) is 11.1. The number of rotatable bonds is 3. The summed E-state index contributed by atoms with van der Waals surface area (Å²) in [4.78, 5) is 0. The van der Waals surface area contributed by atoms with Gasteiger partial charge in [0.15, 0.2) is 0 Å². The molecule has 1 aliphatic rings. The molecule has 0 spiro atoms. The lowest BCUT2D eigenvalue weighted by Gasteiger charge is -2.34. The third-order valence-electron chi connectivity index (χ3n) is 3.61. The molecule has 1 N–H and O–H groups in total. The van der Waals surface area contributed by atoms with Crippen molar-refractivity contribution in [2.75, 3.05) is 13.1 Å². The van der Waals surface area contributed by atoms with E-state index in [1.165, 1.54) is 18.4 Å². The van der Waals surface area contributed by atoms with E-state index in [9.17, 15) is 0 Å². The molecule has 94 valence electrons. The summed E-state index contributed by atoms with van der Waals surface area (Å²) >= 11 is 0. The number of hydrogen-bond acceptors (Lipinski definition) is 2. The van der Waals surface area contributed by atoms with E-state index in [4.69, 9.17) is 4.74 Å². The van der Waals surface area contributed by atoms with Gasteiger partial charge in [-0.15, -0.1) is 0 Å². The van der Waals surface area contributed by atoms with Crippen LogP contribution in [0.15, 0.2) is 24.3 Å². The fourth-order valence-corrected chi connectivity index (χ4v) is 2.48. The van der Waals surface area contributed by atoms with Crippen molar-refractivity contribution >= 4 is 0 Å². The molecule has 0 amide bonds. The van der Waals surface area contributed by atoms with Crippen LogP contribution < -0.4 is 10.1 Å². The van der Waals surface area contributed by atoms with Gasteiger partial charge in [-0.05, 0) is 62.9 Å². The van der Waals surface area contributed by atoms with E-state index in [1.807, 2.05) is 6.07 Å². The molecule has 17 heavy (non-hydrogen) atoms. The summed E-state index contributed by atoms with van der Waals surface area (Å²) in [6, 6.07) is 8.61. The predicted octanol–water partition coefficient (Wildman–Crippen LogP) is 3.11. The van der Waals surface area contributed by atoms with Gasteiger partial charge in [0.2, 0.25) is 0 Å². The van der Waals surface area contributed by atoms with E-state index >= 15 is 0 Å². The van der Waals surface area contributed by atoms with Gasteiger partial charge >= 0.3 is 0 Å². The summed E-state index contributed by atoms with van der Waals surface area (Å²) in [5, 5.41) is 3.43. The molecule has 1 saturated heterocycles. The molecule has 2 nitrogen and oxygen atoms in total. The van der Waals surface area contributed by atoms with Gasteiger partial charge in [-0.1, -0.05) is 19.1 Å². The van der Waals surface area contributed by atoms with Crippen molar-refractivity contribution in [2.45, 2.75) is 45.1 Å². The summed E-state index contributed by atoms with van der Waals surface area (Å²) in [6.45, 7) is 8.73. The third kappa shape index (κ3) is 3.01. The minimum Gasteiger partial charge on any atom is -0.491 e. The Kier molecular flexibility index (Phi) is 3.72. The normalized spacial score (nSPS) is 19.3. The minimum absolute atomic E-state index is 0.242. The van der Waals surface area contributed by atoms with Crippen LogP contribution in [0.2, 0.25) is 0 Å². The highest BCUT2D eigenvalue weighted by atomic mass is 16.5. The number of hydrogen-bond donors (Lipinski definition) is 1. The molecule has 0 aromatic heterocycles. The Morgan fingerprint density at radius 3 is 2.59 bits per heavy atom. The van der Waals surface area contributed by atoms with E-state index in [0.717, 1.165) is 18.8 Å². The zero-order valence-corrected chi connectivity index (χ0v) is 11.1. The maximum absolute atomic E-state index is 5.78. The van der Waals surface area contributed by atoms with Crippen LogP contribution in [0.5, 0.6) is 5.75 Å². The van der Waals surface area contributed by atoms with Gasteiger partial charge in [0.1, 0.15) is 5.75 Å². The highest BCUT2D eigenvalue weighted by molar-refractivity contribution is 5.34. The van der Waals surface area contributed by atoms with Crippen LogP contribution >= 0.6 is 0 Å². The van der Waals surface area contributed by atoms with Crippen molar-refractivity contribution in [1.29, 1.82) is 0 Å². The quantitative estimate of drug-likeness (QED) is 0.866. The first-order valence-corrected chi connectivity index (χ1v) is 6.58. The molecule has 2 rings (SSSR count). The Hall–Kier alpha value is -1.02. The summed E-state index contributed by atoms with van der Waals surface area (Å²) in [5.74, 6) is 0.997. The highest BCUT2D eigenvalue weighted by Crippen LogP contribution is 2.34. The SMILES string of the molecule is CC(C)Oc1cccc(C2(C)CCNCC2)c1. The lowest BCUT2D eigenvalue weighted by molar-refractivity contribution is 0.241. The molecule has 1 heterocycles. The van der Waals surface area contributed by atoms with E-state index < -0.39 is 0 Å². The topological polar surface area (TPSA) is 21.3 Å². The van der Waals surface area contributed by atoms with Crippen LogP contribution in [0.25, 0.3) is 0 Å². The Balaban J connectivity index is 2.19. The van der Waals surface area contributed by atoms with Crippen molar-refractivity contribution in [3.05, 3.63) is 29.8 Å². The van der Waals surface area contributed by atoms with Crippen LogP contribution in [0.1, 0.15) is 39.2 Å². The van der Waals surface area contributed by atoms with Crippen molar-refractivity contribution in [3.8, 4) is 5.75 Å². The molecular weight excluding hydrogens is 210 g/mol. The average molecular weight is 233 g/mol. The van der Waals surface area contributed by atoms with Crippen molar-refractivity contribution in [2.24, 2.45) is 0 Å². The highest BCUT2D eigenvalue weighted by Gasteiger charge is 2.28. The van der Waals surface area contributed by atoms with Crippen LogP contribution in [0.4, 0.5) is 0 Å². The monoisotopic (exact) mass is 233 g/mol. The fourth-order valence-electron chi connectivity index (χ4n) is 2.48. The second-order valence-corrected chi connectivity index (χ2v) is 5.51. The minimum atomic E-state index is 0.242. The molecule has 1 aromatic rings. The molecule has 1 aromatic carbocycles. The first-order chi connectivity index (χ1) is 8.10. The molecular formula is C15H23NO. The summed E-state index contributed by atoms with van der Waals surface area (Å²) < 4.78 is 5.78. The third-order valence-corrected chi connectivity index (χ3v) is 3.61. The van der Waals surface area contributed by atoms with Gasteiger partial charge < -0.3 is 10.1 Å². The van der Waals surface area contributed by atoms with Crippen molar-refractivity contribution in [3.63, 3.8) is 0 Å². The van der Waals surface area contributed by atoms with Crippen LogP contribution in [0.3, 0.4) is 0 Å². The Morgan fingerprint density at radius 1 is 1.24 bits per heavy atom. The second-order valence-electron chi connectivity index (χ2n) is 5.51. The van der Waals surface area contributed by atoms with Crippen LogP contribution in [0, 0.1) is 0 Å². The molecule has 1 fully saturated rings. The molecule has 0 radical (unpaired) electrons. The van der Waals surface area contributed by atoms with Crippen LogP contribution in [-0.2, 0) is 5.41 Å². The number of ether oxygens (including phenoxy) is 1. The van der Waals surface area contributed by atoms with Gasteiger partial charge in [-0.2, -0.15) is 0 Å². The Labute approximate surface area is 104 Å². The smallest absolute Gasteiger partial charge is 0.119 e. The first kappa shape index (κ1) is 12.4. The average Bonchev–Trinajstić information content (AvgIpc) is 2.29. The molecule has 0 unspecified atom stereocenters. The van der Waals surface area contributed by atoms with Gasteiger partial charge in [0.25, 0.3) is 0 Å². The lowest BCUT2D eigenvalue weighted by atomic mass is 9.75. The van der Waals surface area contributed by atoms with Gasteiger partial charge in [-0.25, -0.2) is 0 Å². The molecule has 0 bridgehead atoms. The van der Waals surface area contributed by atoms with Gasteiger partial charge in [0.05, 0.1) is 6.10 Å². The van der Waals surface area contributed by atoms with E-state index in [-0.39, 0.29) is 6.10 Å². The molecule has 0 saturated carbocycles. The maximum Gasteiger partial charge on any atom is 0.119 e. The lowest BCUT2D eigenvalue weighted by Crippen LogP contribution is -2.37. The maximum atomic E-state index is 5.78. The molecule has 1 aliphatic heterocycles. The first-order valence-electron chi connectivity index (χ1n) is 6.58. The predicted molar refractivity (Wildman–Crippen MR) is 71.7 cm³/mol. The van der Waals surface area contributed by atoms with E-state index in [0.29, 0.717) is 5.41 Å². The molecule has 0 atom stereocenters. The van der Waals surface area contributed by atoms with Gasteiger partial charge in [0, 0.05) is 0 Å². The zero-order chi connectivity index (χ0) is 12.3. The fraction of sp³-hybridized carbons (Fsp3) is 0.600. The summed E-state index contributed by atoms with van der Waals surface area (Å²) in [7, 11) is 0. The standard InChI is InChI=1S/C15H23NO/c1-12(2)17-14-6-4-5-13(11-14)15(3)7-9-16-10-8-15/h4-6,11-12,16H,7-10H2,1-3H3. The van der Waals surface area contributed by atoms with Crippen molar-refractivity contribution in [1.82, 2.24) is 5.32 Å². The number of piperidine rings is 1. The van der Waals surface area contributed by atoms with E-state index in [2.05, 4.69) is 44.3 Å². The number of nitrogens with one attached hydrogen (secondary N) is 1. The Morgan fingerprint density at radius 2 is 1.94 bits per heavy atom. The van der Waals surface area contributed by atoms with Crippen molar-refractivity contribution < 1.29 is 4.74 Å². The number of benzene rings is 1. The summed E-state index contributed by atoms with van der Waals surface area (Å²) in [6.07, 6.45) is 2.65. The van der Waals surface area contributed by atoms with E-state index in [1.54, 1.807) is 0 Å². The second kappa shape index (κ2) is 5.09. The largest absolute Gasteiger partial charge is 0.491 e.